The quantitative estimate of drug-likeness (QED) is 0.715. The number of aliphatic carboxylic acids is 1. The second-order valence-electron chi connectivity index (χ2n) is 5.23. The van der Waals surface area contributed by atoms with Crippen LogP contribution in [0.5, 0.6) is 0 Å². The molecular formula is C15H20BrNO4S. The first-order valence-electron chi connectivity index (χ1n) is 6.97. The maximum atomic E-state index is 12.0. The van der Waals surface area contributed by atoms with E-state index in [9.17, 15) is 13.8 Å². The lowest BCUT2D eigenvalue weighted by molar-refractivity contribution is -0.143. The van der Waals surface area contributed by atoms with Crippen LogP contribution in [0.4, 0.5) is 0 Å². The molecule has 0 aliphatic rings. The first kappa shape index (κ1) is 18.8. The fraction of sp³-hybridized carbons (Fsp3) is 0.467. The van der Waals surface area contributed by atoms with Gasteiger partial charge >= 0.3 is 5.97 Å². The summed E-state index contributed by atoms with van der Waals surface area (Å²) in [6, 6.07) is 6.31. The molecule has 122 valence electrons. The number of hydrogen-bond acceptors (Lipinski definition) is 3. The Morgan fingerprint density at radius 1 is 1.27 bits per heavy atom. The third-order valence-electron chi connectivity index (χ3n) is 3.06. The number of nitrogens with one attached hydrogen (secondary N) is 1. The van der Waals surface area contributed by atoms with Crippen LogP contribution in [-0.4, -0.2) is 33.0 Å². The van der Waals surface area contributed by atoms with E-state index in [1.807, 2.05) is 12.1 Å². The summed E-state index contributed by atoms with van der Waals surface area (Å²) >= 11 is 3.31. The van der Waals surface area contributed by atoms with Gasteiger partial charge in [-0.05, 0) is 36.6 Å². The van der Waals surface area contributed by atoms with Gasteiger partial charge < -0.3 is 10.4 Å². The molecule has 1 aromatic carbocycles. The van der Waals surface area contributed by atoms with E-state index < -0.39 is 22.8 Å². The summed E-state index contributed by atoms with van der Waals surface area (Å²) in [7, 11) is -1.16. The lowest BCUT2D eigenvalue weighted by Crippen LogP contribution is -2.44. The number of halogens is 1. The van der Waals surface area contributed by atoms with Crippen molar-refractivity contribution in [2.24, 2.45) is 5.92 Å². The molecule has 0 fully saturated rings. The standard InChI is InChI=1S/C15H20BrNO4S/c1-10(2)14(15(19)20)17-13(18)4-3-9-22(21)12-7-5-11(16)6-8-12/h5-8,10,14H,3-4,9H2,1-2H3,(H,17,18)(H,19,20). The molecule has 0 heterocycles. The SMILES string of the molecule is CC(C)C(NC(=O)CCCS(=O)c1ccc(Br)cc1)C(=O)O. The maximum absolute atomic E-state index is 12.0. The second kappa shape index (κ2) is 9.05. The van der Waals surface area contributed by atoms with E-state index in [1.165, 1.54) is 0 Å². The number of amides is 1. The summed E-state index contributed by atoms with van der Waals surface area (Å²) < 4.78 is 13.0. The van der Waals surface area contributed by atoms with Crippen LogP contribution in [0.25, 0.3) is 0 Å². The highest BCUT2D eigenvalue weighted by Crippen LogP contribution is 2.14. The zero-order chi connectivity index (χ0) is 16.7. The Morgan fingerprint density at radius 3 is 2.36 bits per heavy atom. The summed E-state index contributed by atoms with van der Waals surface area (Å²) in [5.74, 6) is -1.18. The van der Waals surface area contributed by atoms with E-state index in [-0.39, 0.29) is 18.2 Å². The number of benzene rings is 1. The van der Waals surface area contributed by atoms with Gasteiger partial charge in [-0.3, -0.25) is 9.00 Å². The van der Waals surface area contributed by atoms with Gasteiger partial charge in [0.1, 0.15) is 6.04 Å². The Morgan fingerprint density at radius 2 is 1.86 bits per heavy atom. The normalized spacial score (nSPS) is 13.6. The first-order chi connectivity index (χ1) is 10.3. The number of carbonyl (C=O) groups excluding carboxylic acids is 1. The van der Waals surface area contributed by atoms with Gasteiger partial charge in [-0.1, -0.05) is 29.8 Å². The lowest BCUT2D eigenvalue weighted by Gasteiger charge is -2.17. The fourth-order valence-corrected chi connectivity index (χ4v) is 3.17. The molecule has 0 radical (unpaired) electrons. The number of rotatable bonds is 8. The molecule has 0 aromatic heterocycles. The van der Waals surface area contributed by atoms with E-state index in [2.05, 4.69) is 21.2 Å². The predicted octanol–water partition coefficient (Wildman–Crippen LogP) is 2.56. The molecule has 0 spiro atoms. The summed E-state index contributed by atoms with van der Waals surface area (Å²) in [6.45, 7) is 3.48. The Bertz CT molecular complexity index is 545. The number of carboxylic acids is 1. The zero-order valence-corrected chi connectivity index (χ0v) is 14.9. The van der Waals surface area contributed by atoms with E-state index >= 15 is 0 Å². The Labute approximate surface area is 141 Å². The Balaban J connectivity index is 2.40. The highest BCUT2D eigenvalue weighted by molar-refractivity contribution is 9.10. The van der Waals surface area contributed by atoms with E-state index in [0.29, 0.717) is 17.1 Å². The van der Waals surface area contributed by atoms with Crippen molar-refractivity contribution in [3.05, 3.63) is 28.7 Å². The predicted molar refractivity (Wildman–Crippen MR) is 89.1 cm³/mol. The number of carboxylic acid groups (broad SMARTS) is 1. The molecule has 5 nitrogen and oxygen atoms in total. The first-order valence-corrected chi connectivity index (χ1v) is 9.08. The van der Waals surface area contributed by atoms with Crippen molar-refractivity contribution in [3.8, 4) is 0 Å². The summed E-state index contributed by atoms with van der Waals surface area (Å²) in [5, 5.41) is 11.5. The smallest absolute Gasteiger partial charge is 0.326 e. The third kappa shape index (κ3) is 6.27. The number of hydrogen-bond donors (Lipinski definition) is 2. The molecule has 1 amide bonds. The minimum atomic E-state index is -1.16. The summed E-state index contributed by atoms with van der Waals surface area (Å²) in [5.41, 5.74) is 0. The minimum absolute atomic E-state index is 0.165. The average Bonchev–Trinajstić information content (AvgIpc) is 2.44. The molecule has 2 unspecified atom stereocenters. The van der Waals surface area contributed by atoms with Crippen molar-refractivity contribution >= 4 is 38.6 Å². The van der Waals surface area contributed by atoms with Crippen molar-refractivity contribution in [3.63, 3.8) is 0 Å². The van der Waals surface area contributed by atoms with Gasteiger partial charge in [-0.25, -0.2) is 4.79 Å². The molecule has 2 atom stereocenters. The van der Waals surface area contributed by atoms with Gasteiger partial charge in [-0.2, -0.15) is 0 Å². The van der Waals surface area contributed by atoms with Gasteiger partial charge in [0.05, 0.1) is 10.8 Å². The van der Waals surface area contributed by atoms with Crippen LogP contribution in [0.15, 0.2) is 33.6 Å². The van der Waals surface area contributed by atoms with Crippen LogP contribution in [-0.2, 0) is 20.4 Å². The average molecular weight is 390 g/mol. The number of carbonyl (C=O) groups is 2. The Kier molecular flexibility index (Phi) is 7.75. The molecule has 0 aliphatic heterocycles. The van der Waals surface area contributed by atoms with Crippen LogP contribution in [0.1, 0.15) is 26.7 Å². The van der Waals surface area contributed by atoms with Crippen LogP contribution < -0.4 is 5.32 Å². The van der Waals surface area contributed by atoms with Gasteiger partial charge in [0.15, 0.2) is 0 Å². The van der Waals surface area contributed by atoms with Crippen molar-refractivity contribution in [1.29, 1.82) is 0 Å². The van der Waals surface area contributed by atoms with E-state index in [0.717, 1.165) is 4.47 Å². The van der Waals surface area contributed by atoms with Crippen molar-refractivity contribution < 1.29 is 18.9 Å². The van der Waals surface area contributed by atoms with Gasteiger partial charge in [0.25, 0.3) is 0 Å². The molecule has 0 saturated carbocycles. The van der Waals surface area contributed by atoms with Gasteiger partial charge in [0, 0.05) is 21.5 Å². The molecule has 22 heavy (non-hydrogen) atoms. The minimum Gasteiger partial charge on any atom is -0.480 e. The molecule has 1 rings (SSSR count). The summed E-state index contributed by atoms with van der Waals surface area (Å²) in [4.78, 5) is 23.5. The molecule has 0 bridgehead atoms. The molecule has 1 aromatic rings. The van der Waals surface area contributed by atoms with Crippen molar-refractivity contribution in [1.82, 2.24) is 5.32 Å². The monoisotopic (exact) mass is 389 g/mol. The fourth-order valence-electron chi connectivity index (χ4n) is 1.83. The molecule has 0 saturated heterocycles. The van der Waals surface area contributed by atoms with Crippen molar-refractivity contribution in [2.45, 2.75) is 37.6 Å². The lowest BCUT2D eigenvalue weighted by atomic mass is 10.0. The summed E-state index contributed by atoms with van der Waals surface area (Å²) in [6.07, 6.45) is 0.609. The van der Waals surface area contributed by atoms with Crippen molar-refractivity contribution in [2.75, 3.05) is 5.75 Å². The molecule has 0 aliphatic carbocycles. The highest BCUT2D eigenvalue weighted by Gasteiger charge is 2.23. The molecule has 2 N–H and O–H groups in total. The maximum Gasteiger partial charge on any atom is 0.326 e. The largest absolute Gasteiger partial charge is 0.480 e. The molecular weight excluding hydrogens is 370 g/mol. The van der Waals surface area contributed by atoms with Gasteiger partial charge in [0.2, 0.25) is 5.91 Å². The second-order valence-corrected chi connectivity index (χ2v) is 7.72. The van der Waals surface area contributed by atoms with Gasteiger partial charge in [-0.15, -0.1) is 0 Å². The topological polar surface area (TPSA) is 83.5 Å². The molecule has 7 heteroatoms. The third-order valence-corrected chi connectivity index (χ3v) is 5.05. The van der Waals surface area contributed by atoms with E-state index in [1.54, 1.807) is 26.0 Å². The van der Waals surface area contributed by atoms with E-state index in [4.69, 9.17) is 5.11 Å². The van der Waals surface area contributed by atoms with Crippen LogP contribution in [0.2, 0.25) is 0 Å². The Hall–Kier alpha value is -1.21. The zero-order valence-electron chi connectivity index (χ0n) is 12.5. The van der Waals surface area contributed by atoms with Crippen LogP contribution in [0.3, 0.4) is 0 Å². The van der Waals surface area contributed by atoms with Crippen LogP contribution in [0, 0.1) is 5.92 Å². The highest BCUT2D eigenvalue weighted by atomic mass is 79.9. The van der Waals surface area contributed by atoms with Crippen LogP contribution >= 0.6 is 15.9 Å².